The topological polar surface area (TPSA) is 26.0 Å². The van der Waals surface area contributed by atoms with Crippen molar-refractivity contribution < 1.29 is 8.81 Å². The van der Waals surface area contributed by atoms with Crippen molar-refractivity contribution in [1.29, 1.82) is 0 Å². The Morgan fingerprint density at radius 3 is 2.94 bits per heavy atom. The summed E-state index contributed by atoms with van der Waals surface area (Å²) in [6, 6.07) is 8.87. The molecular weight excluding hydrogens is 241 g/mol. The van der Waals surface area contributed by atoms with Crippen LogP contribution in [0.1, 0.15) is 0 Å². The van der Waals surface area contributed by atoms with Crippen LogP contribution >= 0.6 is 11.6 Å². The highest BCUT2D eigenvalue weighted by atomic mass is 35.5. The van der Waals surface area contributed by atoms with Gasteiger partial charge in [-0.05, 0) is 12.1 Å². The zero-order chi connectivity index (χ0) is 11.8. The van der Waals surface area contributed by atoms with Gasteiger partial charge in [0.15, 0.2) is 0 Å². The van der Waals surface area contributed by atoms with Crippen LogP contribution in [0.5, 0.6) is 0 Å². The van der Waals surface area contributed by atoms with Crippen molar-refractivity contribution in [2.24, 2.45) is 0 Å². The Morgan fingerprint density at radius 1 is 1.18 bits per heavy atom. The SMILES string of the molecule is Fc1cnc(Cl)cc1-c1cccc2ccoc12. The fourth-order valence-electron chi connectivity index (χ4n) is 1.82. The maximum Gasteiger partial charge on any atom is 0.149 e. The molecule has 17 heavy (non-hydrogen) atoms. The van der Waals surface area contributed by atoms with Crippen LogP contribution in [0.25, 0.3) is 22.1 Å². The van der Waals surface area contributed by atoms with Crippen LogP contribution in [0.4, 0.5) is 4.39 Å². The number of aromatic nitrogens is 1. The third-order valence-corrected chi connectivity index (χ3v) is 2.80. The lowest BCUT2D eigenvalue weighted by molar-refractivity contribution is 0.612. The molecule has 0 amide bonds. The lowest BCUT2D eigenvalue weighted by Crippen LogP contribution is -1.87. The molecule has 0 atom stereocenters. The summed E-state index contributed by atoms with van der Waals surface area (Å²) in [5.41, 5.74) is 1.72. The van der Waals surface area contributed by atoms with E-state index in [4.69, 9.17) is 16.0 Å². The molecule has 0 aliphatic carbocycles. The summed E-state index contributed by atoms with van der Waals surface area (Å²) >= 11 is 5.78. The minimum Gasteiger partial charge on any atom is -0.464 e. The smallest absolute Gasteiger partial charge is 0.149 e. The van der Waals surface area contributed by atoms with Gasteiger partial charge in [0, 0.05) is 16.5 Å². The second-order valence-corrected chi connectivity index (χ2v) is 4.02. The Hall–Kier alpha value is -1.87. The number of para-hydroxylation sites is 1. The molecule has 3 aromatic rings. The molecule has 0 saturated carbocycles. The summed E-state index contributed by atoms with van der Waals surface area (Å²) < 4.78 is 19.1. The normalized spacial score (nSPS) is 10.9. The highest BCUT2D eigenvalue weighted by Crippen LogP contribution is 2.31. The lowest BCUT2D eigenvalue weighted by Gasteiger charge is -2.04. The van der Waals surface area contributed by atoms with Gasteiger partial charge in [-0.15, -0.1) is 0 Å². The Balaban J connectivity index is 2.34. The van der Waals surface area contributed by atoms with Gasteiger partial charge < -0.3 is 4.42 Å². The van der Waals surface area contributed by atoms with Crippen molar-refractivity contribution in [1.82, 2.24) is 4.98 Å². The third-order valence-electron chi connectivity index (χ3n) is 2.59. The molecule has 0 N–H and O–H groups in total. The highest BCUT2D eigenvalue weighted by Gasteiger charge is 2.11. The predicted octanol–water partition coefficient (Wildman–Crippen LogP) is 4.29. The van der Waals surface area contributed by atoms with Crippen molar-refractivity contribution in [3.05, 3.63) is 53.8 Å². The van der Waals surface area contributed by atoms with E-state index in [9.17, 15) is 4.39 Å². The number of rotatable bonds is 1. The average molecular weight is 248 g/mol. The summed E-state index contributed by atoms with van der Waals surface area (Å²) in [7, 11) is 0. The summed E-state index contributed by atoms with van der Waals surface area (Å²) in [5.74, 6) is -0.418. The van der Waals surface area contributed by atoms with Crippen LogP contribution in [0, 0.1) is 5.82 Å². The predicted molar refractivity (Wildman–Crippen MR) is 64.4 cm³/mol. The van der Waals surface area contributed by atoms with Gasteiger partial charge in [-0.25, -0.2) is 9.37 Å². The van der Waals surface area contributed by atoms with Gasteiger partial charge in [0.25, 0.3) is 0 Å². The summed E-state index contributed by atoms with van der Waals surface area (Å²) in [6.07, 6.45) is 2.69. The molecule has 0 aliphatic heterocycles. The van der Waals surface area contributed by atoms with E-state index in [1.54, 1.807) is 12.3 Å². The first-order chi connectivity index (χ1) is 8.25. The average Bonchev–Trinajstić information content (AvgIpc) is 2.80. The number of furan rings is 1. The van der Waals surface area contributed by atoms with Gasteiger partial charge in [0.05, 0.1) is 12.5 Å². The van der Waals surface area contributed by atoms with E-state index in [-0.39, 0.29) is 5.15 Å². The Labute approximate surface area is 102 Å². The van der Waals surface area contributed by atoms with Crippen molar-refractivity contribution in [2.45, 2.75) is 0 Å². The molecule has 0 radical (unpaired) electrons. The molecule has 2 aromatic heterocycles. The molecule has 2 heterocycles. The van der Waals surface area contributed by atoms with Crippen LogP contribution in [-0.4, -0.2) is 4.98 Å². The van der Waals surface area contributed by atoms with Crippen LogP contribution in [-0.2, 0) is 0 Å². The van der Waals surface area contributed by atoms with E-state index in [1.165, 1.54) is 6.07 Å². The van der Waals surface area contributed by atoms with Gasteiger partial charge in [0.2, 0.25) is 0 Å². The Kier molecular flexibility index (Phi) is 2.34. The highest BCUT2D eigenvalue weighted by molar-refractivity contribution is 6.29. The maximum atomic E-state index is 13.7. The largest absolute Gasteiger partial charge is 0.464 e. The number of hydrogen-bond donors (Lipinski definition) is 0. The first-order valence-electron chi connectivity index (χ1n) is 5.03. The molecule has 0 spiro atoms. The monoisotopic (exact) mass is 247 g/mol. The minimum absolute atomic E-state index is 0.255. The molecule has 2 nitrogen and oxygen atoms in total. The van der Waals surface area contributed by atoms with E-state index in [0.717, 1.165) is 11.6 Å². The van der Waals surface area contributed by atoms with E-state index < -0.39 is 5.82 Å². The molecule has 1 aromatic carbocycles. The van der Waals surface area contributed by atoms with Gasteiger partial charge in [0.1, 0.15) is 16.6 Å². The standard InChI is InChI=1S/C13H7ClFNO/c14-12-6-10(11(15)7-16-12)9-3-1-2-8-4-5-17-13(8)9/h1-7H. The number of nitrogens with zero attached hydrogens (tertiary/aromatic N) is 1. The third kappa shape index (κ3) is 1.68. The zero-order valence-electron chi connectivity index (χ0n) is 8.65. The quantitative estimate of drug-likeness (QED) is 0.600. The molecule has 0 aliphatic rings. The van der Waals surface area contributed by atoms with Gasteiger partial charge in [-0.1, -0.05) is 29.8 Å². The number of hydrogen-bond acceptors (Lipinski definition) is 2. The summed E-state index contributed by atoms with van der Waals surface area (Å²) in [4.78, 5) is 3.69. The lowest BCUT2D eigenvalue weighted by atomic mass is 10.0. The molecule has 0 unspecified atom stereocenters. The van der Waals surface area contributed by atoms with E-state index in [1.807, 2.05) is 18.2 Å². The van der Waals surface area contributed by atoms with Crippen LogP contribution in [0.15, 0.2) is 47.2 Å². The molecule has 84 valence electrons. The van der Waals surface area contributed by atoms with Crippen LogP contribution < -0.4 is 0 Å². The Morgan fingerprint density at radius 2 is 2.06 bits per heavy atom. The molecule has 4 heteroatoms. The second-order valence-electron chi connectivity index (χ2n) is 3.63. The van der Waals surface area contributed by atoms with Crippen molar-refractivity contribution in [3.8, 4) is 11.1 Å². The molecular formula is C13H7ClFNO. The van der Waals surface area contributed by atoms with Crippen LogP contribution in [0.2, 0.25) is 5.15 Å². The van der Waals surface area contributed by atoms with Crippen LogP contribution in [0.3, 0.4) is 0 Å². The van der Waals surface area contributed by atoms with Gasteiger partial charge >= 0.3 is 0 Å². The first kappa shape index (κ1) is 10.3. The number of fused-ring (bicyclic) bond motifs is 1. The minimum atomic E-state index is -0.418. The van der Waals surface area contributed by atoms with E-state index in [0.29, 0.717) is 16.7 Å². The number of pyridine rings is 1. The van der Waals surface area contributed by atoms with Gasteiger partial charge in [-0.2, -0.15) is 0 Å². The second kappa shape index (κ2) is 3.86. The van der Waals surface area contributed by atoms with E-state index in [2.05, 4.69) is 4.98 Å². The number of benzene rings is 1. The first-order valence-corrected chi connectivity index (χ1v) is 5.41. The van der Waals surface area contributed by atoms with Crippen molar-refractivity contribution in [3.63, 3.8) is 0 Å². The molecule has 0 fully saturated rings. The fraction of sp³-hybridized carbons (Fsp3) is 0. The Bertz CT molecular complexity index is 693. The summed E-state index contributed by atoms with van der Waals surface area (Å²) in [6.45, 7) is 0. The molecule has 3 rings (SSSR count). The fourth-order valence-corrected chi connectivity index (χ4v) is 1.98. The van der Waals surface area contributed by atoms with Gasteiger partial charge in [-0.3, -0.25) is 0 Å². The van der Waals surface area contributed by atoms with Crippen molar-refractivity contribution >= 4 is 22.6 Å². The summed E-state index contributed by atoms with van der Waals surface area (Å²) in [5, 5.41) is 1.18. The molecule has 0 bridgehead atoms. The number of halogens is 2. The van der Waals surface area contributed by atoms with Crippen molar-refractivity contribution in [2.75, 3.05) is 0 Å². The van der Waals surface area contributed by atoms with E-state index >= 15 is 0 Å². The zero-order valence-corrected chi connectivity index (χ0v) is 9.41. The maximum absolute atomic E-state index is 13.7. The molecule has 0 saturated heterocycles.